The summed E-state index contributed by atoms with van der Waals surface area (Å²) in [6.07, 6.45) is 16.9. The Morgan fingerprint density at radius 2 is 1.94 bits per heavy atom. The lowest BCUT2D eigenvalue weighted by atomic mass is 10.1. The molecule has 2 aromatic rings. The SMILES string of the molecule is CCOC(=O)/C=C/c1cnc2cc(C/C=C\CCCCCCCSC(=O)CNCl)ccc2n1. The lowest BCUT2D eigenvalue weighted by molar-refractivity contribution is -0.137. The Morgan fingerprint density at radius 1 is 1.12 bits per heavy atom. The van der Waals surface area contributed by atoms with Gasteiger partial charge in [0.2, 0.25) is 5.12 Å². The molecular formula is C25H32ClN3O3S. The van der Waals surface area contributed by atoms with Crippen LogP contribution < -0.4 is 4.84 Å². The van der Waals surface area contributed by atoms with Crippen molar-refractivity contribution in [2.24, 2.45) is 0 Å². The number of carbonyl (C=O) groups excluding carboxylic acids is 2. The van der Waals surface area contributed by atoms with E-state index in [9.17, 15) is 9.59 Å². The number of aromatic nitrogens is 2. The molecule has 33 heavy (non-hydrogen) atoms. The van der Waals surface area contributed by atoms with E-state index in [-0.39, 0.29) is 17.6 Å². The number of nitrogens with zero attached hydrogens (tertiary/aromatic N) is 2. The van der Waals surface area contributed by atoms with Crippen molar-refractivity contribution in [3.8, 4) is 0 Å². The summed E-state index contributed by atoms with van der Waals surface area (Å²) in [4.78, 5) is 34.1. The van der Waals surface area contributed by atoms with Gasteiger partial charge in [0.15, 0.2) is 0 Å². The van der Waals surface area contributed by atoms with Gasteiger partial charge in [-0.25, -0.2) is 14.6 Å². The number of nitrogens with one attached hydrogen (secondary N) is 1. The molecule has 8 heteroatoms. The van der Waals surface area contributed by atoms with Crippen molar-refractivity contribution in [2.75, 3.05) is 18.9 Å². The molecule has 0 radical (unpaired) electrons. The minimum absolute atomic E-state index is 0.0986. The second-order valence-electron chi connectivity index (χ2n) is 7.47. The van der Waals surface area contributed by atoms with Crippen LogP contribution in [0.4, 0.5) is 0 Å². The molecule has 0 aliphatic carbocycles. The van der Waals surface area contributed by atoms with Crippen molar-refractivity contribution < 1.29 is 14.3 Å². The first-order chi connectivity index (χ1) is 16.1. The Hall–Kier alpha value is -2.22. The molecule has 1 aromatic heterocycles. The summed E-state index contributed by atoms with van der Waals surface area (Å²) in [6.45, 7) is 2.34. The molecule has 2 rings (SSSR count). The van der Waals surface area contributed by atoms with Crippen LogP contribution in [0.3, 0.4) is 0 Å². The van der Waals surface area contributed by atoms with Gasteiger partial charge in [-0.05, 0) is 68.2 Å². The van der Waals surface area contributed by atoms with Crippen LogP contribution in [0.5, 0.6) is 0 Å². The van der Waals surface area contributed by atoms with Crippen LogP contribution in [0.1, 0.15) is 56.7 Å². The number of hydrogen-bond acceptors (Lipinski definition) is 7. The van der Waals surface area contributed by atoms with Gasteiger partial charge in [0.25, 0.3) is 0 Å². The molecule has 0 aliphatic rings. The van der Waals surface area contributed by atoms with Gasteiger partial charge < -0.3 is 4.74 Å². The lowest BCUT2D eigenvalue weighted by Gasteiger charge is -2.02. The number of hydrogen-bond donors (Lipinski definition) is 1. The zero-order valence-electron chi connectivity index (χ0n) is 19.1. The van der Waals surface area contributed by atoms with Gasteiger partial charge >= 0.3 is 5.97 Å². The van der Waals surface area contributed by atoms with E-state index < -0.39 is 0 Å². The Morgan fingerprint density at radius 3 is 2.76 bits per heavy atom. The monoisotopic (exact) mass is 489 g/mol. The summed E-state index contributed by atoms with van der Waals surface area (Å²) >= 11 is 6.66. The topological polar surface area (TPSA) is 81.2 Å². The molecule has 178 valence electrons. The summed E-state index contributed by atoms with van der Waals surface area (Å²) in [5.74, 6) is 0.490. The van der Waals surface area contributed by atoms with E-state index in [1.54, 1.807) is 19.2 Å². The number of ether oxygens (including phenoxy) is 1. The highest BCUT2D eigenvalue weighted by Gasteiger charge is 2.02. The number of esters is 1. The largest absolute Gasteiger partial charge is 0.463 e. The number of carbonyl (C=O) groups is 2. The van der Waals surface area contributed by atoms with E-state index in [0.717, 1.165) is 42.5 Å². The van der Waals surface area contributed by atoms with Gasteiger partial charge in [-0.15, -0.1) is 0 Å². The van der Waals surface area contributed by atoms with Crippen LogP contribution in [0.25, 0.3) is 17.1 Å². The number of rotatable bonds is 15. The first-order valence-electron chi connectivity index (χ1n) is 11.4. The highest BCUT2D eigenvalue weighted by molar-refractivity contribution is 8.13. The van der Waals surface area contributed by atoms with Crippen LogP contribution in [0, 0.1) is 0 Å². The van der Waals surface area contributed by atoms with Gasteiger partial charge in [0.05, 0.1) is 36.1 Å². The van der Waals surface area contributed by atoms with E-state index >= 15 is 0 Å². The Labute approximate surface area is 205 Å². The second kappa shape index (κ2) is 16.4. The third-order valence-electron chi connectivity index (χ3n) is 4.81. The quantitative estimate of drug-likeness (QED) is 0.114. The molecule has 1 aromatic carbocycles. The fourth-order valence-corrected chi connectivity index (χ4v) is 4.10. The van der Waals surface area contributed by atoms with Gasteiger partial charge in [0.1, 0.15) is 0 Å². The normalized spacial score (nSPS) is 11.6. The van der Waals surface area contributed by atoms with Crippen LogP contribution in [-0.4, -0.2) is 40.0 Å². The Bertz CT molecular complexity index is 950. The summed E-state index contributed by atoms with van der Waals surface area (Å²) in [7, 11) is 0. The molecule has 0 bridgehead atoms. The molecule has 0 atom stereocenters. The van der Waals surface area contributed by atoms with Crippen molar-refractivity contribution >= 4 is 51.7 Å². The maximum Gasteiger partial charge on any atom is 0.330 e. The van der Waals surface area contributed by atoms with Crippen molar-refractivity contribution in [3.63, 3.8) is 0 Å². The third kappa shape index (κ3) is 11.5. The number of thioether (sulfide) groups is 1. The molecule has 0 fully saturated rings. The summed E-state index contributed by atoms with van der Waals surface area (Å²) in [5, 5.41) is 0.0986. The average Bonchev–Trinajstić information content (AvgIpc) is 2.81. The maximum atomic E-state index is 11.4. The van der Waals surface area contributed by atoms with Crippen molar-refractivity contribution in [1.82, 2.24) is 14.8 Å². The number of benzene rings is 1. The summed E-state index contributed by atoms with van der Waals surface area (Å²) in [6, 6.07) is 6.08. The predicted octanol–water partition coefficient (Wildman–Crippen LogP) is 5.65. The van der Waals surface area contributed by atoms with Crippen molar-refractivity contribution in [3.05, 3.63) is 53.9 Å². The number of unbranched alkanes of at least 4 members (excludes halogenated alkanes) is 5. The van der Waals surface area contributed by atoms with Crippen molar-refractivity contribution in [1.29, 1.82) is 0 Å². The zero-order valence-corrected chi connectivity index (χ0v) is 20.7. The Balaban J connectivity index is 1.64. The molecule has 1 heterocycles. The highest BCUT2D eigenvalue weighted by Crippen LogP contribution is 2.15. The van der Waals surface area contributed by atoms with E-state index in [4.69, 9.17) is 16.5 Å². The van der Waals surface area contributed by atoms with Gasteiger partial charge in [-0.3, -0.25) is 9.78 Å². The lowest BCUT2D eigenvalue weighted by Crippen LogP contribution is -2.10. The van der Waals surface area contributed by atoms with E-state index in [2.05, 4.69) is 39.1 Å². The summed E-state index contributed by atoms with van der Waals surface area (Å²) < 4.78 is 4.87. The Kier molecular flexibility index (Phi) is 13.4. The molecule has 0 amide bonds. The van der Waals surface area contributed by atoms with E-state index in [1.807, 2.05) is 6.07 Å². The smallest absolute Gasteiger partial charge is 0.330 e. The summed E-state index contributed by atoms with van der Waals surface area (Å²) in [5.41, 5.74) is 3.46. The fraction of sp³-hybridized carbons (Fsp3) is 0.440. The molecule has 0 saturated carbocycles. The van der Waals surface area contributed by atoms with Crippen LogP contribution in [-0.2, 0) is 20.7 Å². The maximum absolute atomic E-state index is 11.4. The molecule has 0 saturated heterocycles. The standard InChI is InChI=1S/C25H32ClN3O3S/c1-2-32-24(30)15-13-21-18-27-23-17-20(12-14-22(23)29-21)11-9-7-5-3-4-6-8-10-16-33-25(31)19-28-26/h7,9,12-15,17-18,28H,2-6,8,10-11,16,19H2,1H3/b9-7-,15-13+. The van der Waals surface area contributed by atoms with E-state index in [0.29, 0.717) is 12.3 Å². The minimum atomic E-state index is -0.384. The highest BCUT2D eigenvalue weighted by atomic mass is 35.5. The van der Waals surface area contributed by atoms with E-state index in [1.165, 1.54) is 42.7 Å². The zero-order chi connectivity index (χ0) is 23.7. The van der Waals surface area contributed by atoms with Gasteiger partial charge in [0, 0.05) is 11.8 Å². The van der Waals surface area contributed by atoms with Crippen LogP contribution >= 0.6 is 23.5 Å². The minimum Gasteiger partial charge on any atom is -0.463 e. The van der Waals surface area contributed by atoms with Crippen molar-refractivity contribution in [2.45, 2.75) is 51.9 Å². The fourth-order valence-electron chi connectivity index (χ4n) is 3.15. The molecule has 0 unspecified atom stereocenters. The second-order valence-corrected chi connectivity index (χ2v) is 8.89. The third-order valence-corrected chi connectivity index (χ3v) is 5.90. The number of halogens is 1. The molecule has 1 N–H and O–H groups in total. The average molecular weight is 490 g/mol. The first-order valence-corrected chi connectivity index (χ1v) is 12.7. The number of fused-ring (bicyclic) bond motifs is 1. The molecule has 0 aliphatic heterocycles. The molecule has 6 nitrogen and oxygen atoms in total. The molecule has 0 spiro atoms. The first kappa shape index (κ1) is 27.0. The van der Waals surface area contributed by atoms with Gasteiger partial charge in [-0.1, -0.05) is 49.2 Å². The molecular weight excluding hydrogens is 458 g/mol. The van der Waals surface area contributed by atoms with Crippen LogP contribution in [0.2, 0.25) is 0 Å². The van der Waals surface area contributed by atoms with Gasteiger partial charge in [-0.2, -0.15) is 0 Å². The number of allylic oxidation sites excluding steroid dienone is 2. The predicted molar refractivity (Wildman–Crippen MR) is 137 cm³/mol. The van der Waals surface area contributed by atoms with Crippen LogP contribution in [0.15, 0.2) is 42.6 Å².